The van der Waals surface area contributed by atoms with Crippen LogP contribution in [0.3, 0.4) is 0 Å². The van der Waals surface area contributed by atoms with Gasteiger partial charge >= 0.3 is 0 Å². The average molecular weight is 427 g/mol. The molecule has 1 N–H and O–H groups in total. The van der Waals surface area contributed by atoms with Gasteiger partial charge in [-0.05, 0) is 47.0 Å². The summed E-state index contributed by atoms with van der Waals surface area (Å²) in [7, 11) is 1.68. The summed E-state index contributed by atoms with van der Waals surface area (Å²) in [5.74, 6) is 1.50. The van der Waals surface area contributed by atoms with Crippen LogP contribution >= 0.6 is 12.4 Å². The Morgan fingerprint density at radius 2 is 1.90 bits per heavy atom. The van der Waals surface area contributed by atoms with E-state index >= 15 is 0 Å². The van der Waals surface area contributed by atoms with Crippen LogP contribution in [0.2, 0.25) is 0 Å². The SMILES string of the molecule is COc1cc(CN2CCNCC2c2cccnc2)ccc1OCc1ccncc1.Cl. The van der Waals surface area contributed by atoms with Crippen molar-refractivity contribution in [1.29, 1.82) is 0 Å². The molecule has 1 fully saturated rings. The summed E-state index contributed by atoms with van der Waals surface area (Å²) in [5, 5.41) is 3.49. The van der Waals surface area contributed by atoms with E-state index in [0.717, 1.165) is 43.2 Å². The van der Waals surface area contributed by atoms with Crippen LogP contribution in [0.4, 0.5) is 0 Å². The van der Waals surface area contributed by atoms with Gasteiger partial charge in [0.1, 0.15) is 6.61 Å². The maximum Gasteiger partial charge on any atom is 0.161 e. The molecule has 6 nitrogen and oxygen atoms in total. The van der Waals surface area contributed by atoms with Gasteiger partial charge in [0.15, 0.2) is 11.5 Å². The number of halogens is 1. The Hall–Kier alpha value is -2.67. The normalized spacial score (nSPS) is 16.5. The topological polar surface area (TPSA) is 59.5 Å². The minimum Gasteiger partial charge on any atom is -0.493 e. The van der Waals surface area contributed by atoms with E-state index in [1.165, 1.54) is 11.1 Å². The molecule has 4 rings (SSSR count). The molecule has 0 bridgehead atoms. The van der Waals surface area contributed by atoms with Crippen LogP contribution < -0.4 is 14.8 Å². The molecule has 7 heteroatoms. The highest BCUT2D eigenvalue weighted by Gasteiger charge is 2.24. The van der Waals surface area contributed by atoms with Crippen LogP contribution in [0.5, 0.6) is 11.5 Å². The summed E-state index contributed by atoms with van der Waals surface area (Å²) in [6, 6.07) is 14.5. The van der Waals surface area contributed by atoms with Crippen LogP contribution in [0.1, 0.15) is 22.7 Å². The second-order valence-electron chi connectivity index (χ2n) is 7.11. The number of benzene rings is 1. The molecule has 2 aromatic heterocycles. The molecule has 1 atom stereocenters. The third kappa shape index (κ3) is 5.48. The van der Waals surface area contributed by atoms with Crippen molar-refractivity contribution in [2.24, 2.45) is 0 Å². The summed E-state index contributed by atoms with van der Waals surface area (Å²) in [6.45, 7) is 4.24. The molecular weight excluding hydrogens is 400 g/mol. The highest BCUT2D eigenvalue weighted by Crippen LogP contribution is 2.31. The highest BCUT2D eigenvalue weighted by molar-refractivity contribution is 5.85. The molecular formula is C23H27ClN4O2. The molecule has 1 aliphatic rings. The van der Waals surface area contributed by atoms with Crippen LogP contribution in [0, 0.1) is 0 Å². The maximum absolute atomic E-state index is 5.96. The van der Waals surface area contributed by atoms with Gasteiger partial charge in [-0.25, -0.2) is 0 Å². The molecule has 1 aromatic carbocycles. The lowest BCUT2D eigenvalue weighted by atomic mass is 10.0. The van der Waals surface area contributed by atoms with Crippen molar-refractivity contribution in [2.45, 2.75) is 19.2 Å². The van der Waals surface area contributed by atoms with Crippen molar-refractivity contribution in [3.63, 3.8) is 0 Å². The van der Waals surface area contributed by atoms with E-state index in [-0.39, 0.29) is 12.4 Å². The summed E-state index contributed by atoms with van der Waals surface area (Å²) < 4.78 is 11.6. The number of nitrogens with one attached hydrogen (secondary N) is 1. The van der Waals surface area contributed by atoms with Gasteiger partial charge in [0.25, 0.3) is 0 Å². The number of hydrogen-bond donors (Lipinski definition) is 1. The maximum atomic E-state index is 5.96. The van der Waals surface area contributed by atoms with Crippen molar-refractivity contribution < 1.29 is 9.47 Å². The molecule has 3 aromatic rings. The first kappa shape index (κ1) is 22.0. The highest BCUT2D eigenvalue weighted by atomic mass is 35.5. The zero-order valence-electron chi connectivity index (χ0n) is 17.0. The first-order chi connectivity index (χ1) is 14.3. The van der Waals surface area contributed by atoms with E-state index in [2.05, 4.69) is 38.4 Å². The largest absolute Gasteiger partial charge is 0.493 e. The van der Waals surface area contributed by atoms with E-state index in [9.17, 15) is 0 Å². The van der Waals surface area contributed by atoms with Gasteiger partial charge in [0.2, 0.25) is 0 Å². The molecule has 3 heterocycles. The van der Waals surface area contributed by atoms with Crippen molar-refractivity contribution >= 4 is 12.4 Å². The molecule has 1 unspecified atom stereocenters. The van der Waals surface area contributed by atoms with E-state index in [1.54, 1.807) is 19.5 Å². The molecule has 0 saturated carbocycles. The van der Waals surface area contributed by atoms with E-state index in [0.29, 0.717) is 12.6 Å². The second-order valence-corrected chi connectivity index (χ2v) is 7.11. The molecule has 158 valence electrons. The lowest BCUT2D eigenvalue weighted by Gasteiger charge is -2.36. The molecule has 1 saturated heterocycles. The summed E-state index contributed by atoms with van der Waals surface area (Å²) >= 11 is 0. The van der Waals surface area contributed by atoms with Gasteiger partial charge in [0.05, 0.1) is 7.11 Å². The number of methoxy groups -OCH3 is 1. The fraction of sp³-hybridized carbons (Fsp3) is 0.304. The van der Waals surface area contributed by atoms with Crippen molar-refractivity contribution in [3.05, 3.63) is 83.9 Å². The Kier molecular flexibility index (Phi) is 8.02. The zero-order chi connectivity index (χ0) is 19.9. The first-order valence-corrected chi connectivity index (χ1v) is 9.87. The van der Waals surface area contributed by atoms with Crippen molar-refractivity contribution in [1.82, 2.24) is 20.2 Å². The Morgan fingerprint density at radius 3 is 2.67 bits per heavy atom. The van der Waals surface area contributed by atoms with Gasteiger partial charge < -0.3 is 14.8 Å². The van der Waals surface area contributed by atoms with Gasteiger partial charge in [-0.2, -0.15) is 0 Å². The quantitative estimate of drug-likeness (QED) is 0.622. The number of hydrogen-bond acceptors (Lipinski definition) is 6. The summed E-state index contributed by atoms with van der Waals surface area (Å²) in [4.78, 5) is 10.8. The fourth-order valence-electron chi connectivity index (χ4n) is 3.64. The van der Waals surface area contributed by atoms with Gasteiger partial charge in [-0.3, -0.25) is 14.9 Å². The number of ether oxygens (including phenoxy) is 2. The van der Waals surface area contributed by atoms with Crippen LogP contribution in [-0.2, 0) is 13.2 Å². The van der Waals surface area contributed by atoms with Gasteiger partial charge in [0, 0.05) is 57.0 Å². The lowest BCUT2D eigenvalue weighted by molar-refractivity contribution is 0.153. The summed E-state index contributed by atoms with van der Waals surface area (Å²) in [5.41, 5.74) is 3.52. The monoisotopic (exact) mass is 426 g/mol. The first-order valence-electron chi connectivity index (χ1n) is 9.87. The lowest BCUT2D eigenvalue weighted by Crippen LogP contribution is -2.45. The molecule has 1 aliphatic heterocycles. The van der Waals surface area contributed by atoms with Gasteiger partial charge in [-0.15, -0.1) is 12.4 Å². The summed E-state index contributed by atoms with van der Waals surface area (Å²) in [6.07, 6.45) is 7.32. The third-order valence-corrected chi connectivity index (χ3v) is 5.18. The Bertz CT molecular complexity index is 912. The molecule has 0 aliphatic carbocycles. The predicted octanol–water partition coefficient (Wildman–Crippen LogP) is 3.63. The number of nitrogens with zero attached hydrogens (tertiary/aromatic N) is 3. The number of pyridine rings is 2. The Balaban J connectivity index is 0.00000256. The molecule has 0 spiro atoms. The average Bonchev–Trinajstić information content (AvgIpc) is 2.80. The fourth-order valence-corrected chi connectivity index (χ4v) is 3.64. The number of rotatable bonds is 7. The van der Waals surface area contributed by atoms with Crippen molar-refractivity contribution in [2.75, 3.05) is 26.7 Å². The minimum absolute atomic E-state index is 0. The number of aromatic nitrogens is 2. The minimum atomic E-state index is 0. The number of piperazine rings is 1. The third-order valence-electron chi connectivity index (χ3n) is 5.18. The smallest absolute Gasteiger partial charge is 0.161 e. The molecule has 0 amide bonds. The van der Waals surface area contributed by atoms with Crippen LogP contribution in [-0.4, -0.2) is 41.6 Å². The predicted molar refractivity (Wildman–Crippen MR) is 119 cm³/mol. The van der Waals surface area contributed by atoms with Crippen molar-refractivity contribution in [3.8, 4) is 11.5 Å². The van der Waals surface area contributed by atoms with Gasteiger partial charge in [-0.1, -0.05) is 12.1 Å². The Morgan fingerprint density at radius 1 is 1.03 bits per heavy atom. The molecule has 30 heavy (non-hydrogen) atoms. The molecule has 0 radical (unpaired) electrons. The van der Waals surface area contributed by atoms with Crippen LogP contribution in [0.25, 0.3) is 0 Å². The van der Waals surface area contributed by atoms with Crippen LogP contribution in [0.15, 0.2) is 67.3 Å². The second kappa shape index (κ2) is 10.9. The zero-order valence-corrected chi connectivity index (χ0v) is 17.8. The Labute approximate surface area is 183 Å². The van der Waals surface area contributed by atoms with E-state index in [4.69, 9.17) is 9.47 Å². The standard InChI is InChI=1S/C23H26N4O2.ClH/c1-28-23-13-19(4-5-22(23)29-17-18-6-9-24-10-7-18)16-27-12-11-26-15-21(27)20-3-2-8-25-14-20;/h2-10,13-14,21,26H,11-12,15-17H2,1H3;1H. The van der Waals surface area contributed by atoms with E-state index < -0.39 is 0 Å². The van der Waals surface area contributed by atoms with E-state index in [1.807, 2.05) is 36.7 Å².